The number of amidine groups is 2. The molecule has 0 saturated carbocycles. The molecule has 0 aliphatic carbocycles. The van der Waals surface area contributed by atoms with Gasteiger partial charge < -0.3 is 10.6 Å². The van der Waals surface area contributed by atoms with Gasteiger partial charge in [0.2, 0.25) is 5.91 Å². The third-order valence-corrected chi connectivity index (χ3v) is 4.53. The van der Waals surface area contributed by atoms with E-state index in [1.54, 1.807) is 6.07 Å². The molecule has 1 aromatic heterocycles. The molecule has 1 unspecified atom stereocenters. The maximum absolute atomic E-state index is 14.2. The molecule has 0 spiro atoms. The zero-order chi connectivity index (χ0) is 22.1. The first-order valence-electron chi connectivity index (χ1n) is 9.26. The summed E-state index contributed by atoms with van der Waals surface area (Å²) in [6.45, 7) is 2.69. The van der Waals surface area contributed by atoms with Crippen molar-refractivity contribution in [3.63, 3.8) is 0 Å². The molecule has 158 valence electrons. The molecule has 0 fully saturated rings. The number of carbonyl (C=O) groups excluding carboxylic acids is 2. The minimum atomic E-state index is -1.71. The minimum absolute atomic E-state index is 0.0969. The largest absolute Gasteiger partial charge is 0.359 e. The van der Waals surface area contributed by atoms with E-state index in [2.05, 4.69) is 25.7 Å². The van der Waals surface area contributed by atoms with Gasteiger partial charge in [0.1, 0.15) is 17.2 Å². The van der Waals surface area contributed by atoms with E-state index in [4.69, 9.17) is 0 Å². The zero-order valence-electron chi connectivity index (χ0n) is 17.0. The fourth-order valence-corrected chi connectivity index (χ4v) is 2.83. The van der Waals surface area contributed by atoms with E-state index < -0.39 is 23.4 Å². The normalized spacial score (nSPS) is 14.3. The average molecular weight is 416 g/mol. The van der Waals surface area contributed by atoms with Gasteiger partial charge in [-0.15, -0.1) is 0 Å². The number of carbonyl (C=O) groups is 2. The second-order valence-electron chi connectivity index (χ2n) is 7.33. The van der Waals surface area contributed by atoms with Crippen molar-refractivity contribution in [2.45, 2.75) is 32.0 Å². The standard InChI is InChI=1S/C20H22F2N6O2/c1-20(2,22)15-10-14(28(4)27-15)19(30)24-13(9-16(29)23-3)18-25-17(26-18)11-6-5-7-12(21)8-11/h5-8,10,13H,9H2,1-4H3,(H,23,29)(H,24,30). The highest BCUT2D eigenvalue weighted by molar-refractivity contribution is 6.21. The molecule has 0 saturated heterocycles. The van der Waals surface area contributed by atoms with Crippen LogP contribution in [-0.4, -0.2) is 46.4 Å². The first kappa shape index (κ1) is 21.3. The number of hydrogen-bond donors (Lipinski definition) is 2. The topological polar surface area (TPSA) is 101 Å². The monoisotopic (exact) mass is 416 g/mol. The summed E-state index contributed by atoms with van der Waals surface area (Å²) in [4.78, 5) is 33.2. The van der Waals surface area contributed by atoms with Crippen LogP contribution in [0.5, 0.6) is 0 Å². The van der Waals surface area contributed by atoms with E-state index in [1.165, 1.54) is 56.9 Å². The van der Waals surface area contributed by atoms with Crippen LogP contribution in [0.2, 0.25) is 0 Å². The highest BCUT2D eigenvalue weighted by Crippen LogP contribution is 2.24. The number of alkyl halides is 1. The predicted octanol–water partition coefficient (Wildman–Crippen LogP) is 1.86. The van der Waals surface area contributed by atoms with E-state index in [1.807, 2.05) is 0 Å². The smallest absolute Gasteiger partial charge is 0.270 e. The zero-order valence-corrected chi connectivity index (χ0v) is 17.0. The summed E-state index contributed by atoms with van der Waals surface area (Å²) in [5.74, 6) is -0.751. The van der Waals surface area contributed by atoms with Crippen molar-refractivity contribution in [2.24, 2.45) is 17.0 Å². The Labute approximate surface area is 172 Å². The molecule has 2 aromatic rings. The van der Waals surface area contributed by atoms with Crippen LogP contribution in [0.15, 0.2) is 40.3 Å². The average Bonchev–Trinajstić information content (AvgIpc) is 3.02. The Morgan fingerprint density at radius 3 is 2.50 bits per heavy atom. The molecule has 1 atom stereocenters. The number of aromatic nitrogens is 2. The van der Waals surface area contributed by atoms with E-state index in [9.17, 15) is 18.4 Å². The Balaban J connectivity index is 1.79. The molecular weight excluding hydrogens is 394 g/mol. The number of aryl methyl sites for hydroxylation is 1. The summed E-state index contributed by atoms with van der Waals surface area (Å²) in [5.41, 5.74) is -0.970. The van der Waals surface area contributed by atoms with Gasteiger partial charge >= 0.3 is 0 Å². The fourth-order valence-electron chi connectivity index (χ4n) is 2.83. The highest BCUT2D eigenvalue weighted by atomic mass is 19.1. The van der Waals surface area contributed by atoms with Crippen LogP contribution < -0.4 is 10.6 Å². The molecule has 10 heteroatoms. The molecular formula is C20H22F2N6O2. The fraction of sp³-hybridized carbons (Fsp3) is 0.350. The van der Waals surface area contributed by atoms with Crippen LogP contribution in [0.25, 0.3) is 0 Å². The van der Waals surface area contributed by atoms with Crippen LogP contribution in [0.4, 0.5) is 8.78 Å². The molecule has 1 aliphatic heterocycles. The number of halogens is 2. The van der Waals surface area contributed by atoms with Gasteiger partial charge in [-0.1, -0.05) is 12.1 Å². The number of nitrogens with one attached hydrogen (secondary N) is 2. The lowest BCUT2D eigenvalue weighted by atomic mass is 10.1. The van der Waals surface area contributed by atoms with E-state index >= 15 is 0 Å². The van der Waals surface area contributed by atoms with Crippen molar-refractivity contribution in [2.75, 3.05) is 7.05 Å². The first-order chi connectivity index (χ1) is 14.1. The van der Waals surface area contributed by atoms with Gasteiger partial charge in [-0.05, 0) is 32.0 Å². The number of rotatable bonds is 7. The predicted molar refractivity (Wildman–Crippen MR) is 108 cm³/mol. The summed E-state index contributed by atoms with van der Waals surface area (Å²) in [6.07, 6.45) is -0.0969. The molecule has 3 rings (SSSR count). The van der Waals surface area contributed by atoms with Crippen molar-refractivity contribution in [3.05, 3.63) is 53.1 Å². The van der Waals surface area contributed by atoms with Gasteiger partial charge in [0.25, 0.3) is 5.91 Å². The van der Waals surface area contributed by atoms with E-state index in [0.717, 1.165) is 0 Å². The van der Waals surface area contributed by atoms with Crippen molar-refractivity contribution in [3.8, 4) is 0 Å². The quantitative estimate of drug-likeness (QED) is 0.720. The summed E-state index contributed by atoms with van der Waals surface area (Å²) in [6, 6.07) is 6.34. The number of benzene rings is 1. The van der Waals surface area contributed by atoms with Crippen molar-refractivity contribution in [1.29, 1.82) is 0 Å². The third-order valence-electron chi connectivity index (χ3n) is 4.53. The molecule has 2 amide bonds. The van der Waals surface area contributed by atoms with Gasteiger partial charge in [-0.3, -0.25) is 14.3 Å². The van der Waals surface area contributed by atoms with Gasteiger partial charge in [0, 0.05) is 19.7 Å². The van der Waals surface area contributed by atoms with Crippen LogP contribution >= 0.6 is 0 Å². The van der Waals surface area contributed by atoms with Crippen LogP contribution in [0, 0.1) is 5.82 Å². The molecule has 0 bridgehead atoms. The number of aliphatic imine (C=N–C) groups is 2. The summed E-state index contributed by atoms with van der Waals surface area (Å²) in [7, 11) is 3.00. The lowest BCUT2D eigenvalue weighted by Crippen LogP contribution is -2.46. The van der Waals surface area contributed by atoms with E-state index in [-0.39, 0.29) is 29.6 Å². The third kappa shape index (κ3) is 4.58. The first-order valence-corrected chi connectivity index (χ1v) is 9.26. The van der Waals surface area contributed by atoms with Crippen LogP contribution in [-0.2, 0) is 17.5 Å². The Kier molecular flexibility index (Phi) is 5.77. The van der Waals surface area contributed by atoms with Crippen molar-refractivity contribution >= 4 is 23.5 Å². The number of nitrogens with zero attached hydrogens (tertiary/aromatic N) is 4. The highest BCUT2D eigenvalue weighted by Gasteiger charge is 2.30. The summed E-state index contributed by atoms with van der Waals surface area (Å²) >= 11 is 0. The maximum atomic E-state index is 14.2. The Bertz CT molecular complexity index is 1050. The number of amides is 2. The van der Waals surface area contributed by atoms with E-state index in [0.29, 0.717) is 11.4 Å². The molecule has 8 nitrogen and oxygen atoms in total. The molecule has 1 aromatic carbocycles. The van der Waals surface area contributed by atoms with Crippen LogP contribution in [0.1, 0.15) is 42.0 Å². The van der Waals surface area contributed by atoms with Gasteiger partial charge in [-0.25, -0.2) is 18.8 Å². The summed E-state index contributed by atoms with van der Waals surface area (Å²) in [5, 5.41) is 9.22. The number of hydrogen-bond acceptors (Lipinski definition) is 5. The van der Waals surface area contributed by atoms with Gasteiger partial charge in [-0.2, -0.15) is 5.10 Å². The lowest BCUT2D eigenvalue weighted by molar-refractivity contribution is -0.120. The Hall–Kier alpha value is -3.43. The Morgan fingerprint density at radius 2 is 1.93 bits per heavy atom. The maximum Gasteiger partial charge on any atom is 0.270 e. The van der Waals surface area contributed by atoms with Gasteiger partial charge in [0.15, 0.2) is 11.7 Å². The second-order valence-corrected chi connectivity index (χ2v) is 7.33. The van der Waals surface area contributed by atoms with Crippen molar-refractivity contribution in [1.82, 2.24) is 20.4 Å². The van der Waals surface area contributed by atoms with Crippen molar-refractivity contribution < 1.29 is 18.4 Å². The van der Waals surface area contributed by atoms with Gasteiger partial charge in [0.05, 0.1) is 18.2 Å². The minimum Gasteiger partial charge on any atom is -0.359 e. The molecule has 2 heterocycles. The molecule has 2 N–H and O–H groups in total. The molecule has 30 heavy (non-hydrogen) atoms. The molecule has 1 aliphatic rings. The second kappa shape index (κ2) is 8.13. The molecule has 0 radical (unpaired) electrons. The SMILES string of the molecule is CNC(=O)CC(NC(=O)c1cc(C(C)(C)F)nn1C)C1=NC(c2cccc(F)c2)=N1. The summed E-state index contributed by atoms with van der Waals surface area (Å²) < 4.78 is 28.8. The Morgan fingerprint density at radius 1 is 1.23 bits per heavy atom. The lowest BCUT2D eigenvalue weighted by Gasteiger charge is -2.22. The van der Waals surface area contributed by atoms with Crippen LogP contribution in [0.3, 0.4) is 0 Å².